The van der Waals surface area contributed by atoms with E-state index in [4.69, 9.17) is 5.11 Å². The Hall–Kier alpha value is -1.58. The van der Waals surface area contributed by atoms with Gasteiger partial charge in [-0.05, 0) is 37.2 Å². The lowest BCUT2D eigenvalue weighted by Gasteiger charge is -2.21. The number of aryl methyl sites for hydroxylation is 1. The number of hydrogen-bond donors (Lipinski definition) is 2. The first kappa shape index (κ1) is 12.9. The molecule has 0 atom stereocenters. The van der Waals surface area contributed by atoms with E-state index in [-0.39, 0.29) is 5.56 Å². The van der Waals surface area contributed by atoms with E-state index >= 15 is 0 Å². The Balaban J connectivity index is 2.14. The van der Waals surface area contributed by atoms with Crippen molar-refractivity contribution in [2.75, 3.05) is 11.9 Å². The number of pyridine rings is 1. The molecule has 0 aromatic carbocycles. The molecule has 0 aliphatic heterocycles. The van der Waals surface area contributed by atoms with Crippen LogP contribution in [-0.4, -0.2) is 22.6 Å². The van der Waals surface area contributed by atoms with Gasteiger partial charge in [-0.1, -0.05) is 13.8 Å². The van der Waals surface area contributed by atoms with Crippen molar-refractivity contribution in [1.29, 1.82) is 0 Å². The number of nitrogens with zero attached hydrogens (tertiary/aromatic N) is 1. The van der Waals surface area contributed by atoms with Crippen molar-refractivity contribution in [2.45, 2.75) is 33.6 Å². The normalized spacial score (nSPS) is 16.7. The van der Waals surface area contributed by atoms with Crippen LogP contribution in [0.5, 0.6) is 0 Å². The van der Waals surface area contributed by atoms with Crippen LogP contribution in [0.3, 0.4) is 0 Å². The molecule has 0 saturated heterocycles. The largest absolute Gasteiger partial charge is 0.478 e. The van der Waals surface area contributed by atoms with Crippen LogP contribution in [0.15, 0.2) is 12.3 Å². The quantitative estimate of drug-likeness (QED) is 0.841. The van der Waals surface area contributed by atoms with Crippen LogP contribution < -0.4 is 5.32 Å². The standard InChI is InChI=1S/C14H20N2O2/c1-9(2)14(4-5-14)8-16-12-6-10(3)15-7-11(12)13(17)18/h6-7,9H,4-5,8H2,1-3H3,(H,15,16)(H,17,18). The second-order valence-corrected chi connectivity index (χ2v) is 5.55. The zero-order valence-electron chi connectivity index (χ0n) is 11.2. The van der Waals surface area contributed by atoms with Crippen LogP contribution in [0.1, 0.15) is 42.7 Å². The summed E-state index contributed by atoms with van der Waals surface area (Å²) in [5.74, 6) is -0.305. The van der Waals surface area contributed by atoms with Crippen LogP contribution in [0.2, 0.25) is 0 Å². The van der Waals surface area contributed by atoms with Gasteiger partial charge in [0.2, 0.25) is 0 Å². The number of rotatable bonds is 5. The SMILES string of the molecule is Cc1cc(NCC2(C(C)C)CC2)c(C(=O)O)cn1. The smallest absolute Gasteiger partial charge is 0.339 e. The second-order valence-electron chi connectivity index (χ2n) is 5.55. The zero-order valence-corrected chi connectivity index (χ0v) is 11.2. The summed E-state index contributed by atoms with van der Waals surface area (Å²) in [5.41, 5.74) is 2.12. The molecule has 1 aliphatic rings. The first-order valence-electron chi connectivity index (χ1n) is 6.38. The minimum atomic E-state index is -0.931. The van der Waals surface area contributed by atoms with Crippen molar-refractivity contribution < 1.29 is 9.90 Å². The molecule has 98 valence electrons. The van der Waals surface area contributed by atoms with Crippen LogP contribution in [0.25, 0.3) is 0 Å². The average molecular weight is 248 g/mol. The molecule has 1 heterocycles. The highest BCUT2D eigenvalue weighted by Gasteiger charge is 2.45. The number of aromatic carboxylic acids is 1. The molecular formula is C14H20N2O2. The molecule has 18 heavy (non-hydrogen) atoms. The Morgan fingerprint density at radius 2 is 2.22 bits per heavy atom. The molecule has 1 fully saturated rings. The molecule has 1 aliphatic carbocycles. The molecular weight excluding hydrogens is 228 g/mol. The predicted octanol–water partition coefficient (Wildman–Crippen LogP) is 2.94. The minimum absolute atomic E-state index is 0.250. The molecule has 4 heteroatoms. The van der Waals surface area contributed by atoms with Crippen molar-refractivity contribution in [2.24, 2.45) is 11.3 Å². The molecule has 2 rings (SSSR count). The molecule has 0 amide bonds. The number of nitrogens with one attached hydrogen (secondary N) is 1. The van der Waals surface area contributed by atoms with Crippen molar-refractivity contribution in [3.63, 3.8) is 0 Å². The summed E-state index contributed by atoms with van der Waals surface area (Å²) in [6.45, 7) is 7.16. The first-order chi connectivity index (χ1) is 8.44. The third-order valence-electron chi connectivity index (χ3n) is 4.02. The second kappa shape index (κ2) is 4.59. The van der Waals surface area contributed by atoms with Gasteiger partial charge in [-0.25, -0.2) is 4.79 Å². The van der Waals surface area contributed by atoms with Crippen molar-refractivity contribution in [3.05, 3.63) is 23.5 Å². The number of carbonyl (C=O) groups is 1. The predicted molar refractivity (Wildman–Crippen MR) is 70.9 cm³/mol. The summed E-state index contributed by atoms with van der Waals surface area (Å²) in [4.78, 5) is 15.2. The lowest BCUT2D eigenvalue weighted by molar-refractivity contribution is 0.0697. The topological polar surface area (TPSA) is 62.2 Å². The van der Waals surface area contributed by atoms with Crippen LogP contribution in [0.4, 0.5) is 5.69 Å². The molecule has 1 aromatic heterocycles. The number of carboxylic acids is 1. The molecule has 0 bridgehead atoms. The Bertz CT molecular complexity index is 465. The van der Waals surface area contributed by atoms with Gasteiger partial charge in [-0.15, -0.1) is 0 Å². The van der Waals surface area contributed by atoms with Crippen LogP contribution in [-0.2, 0) is 0 Å². The van der Waals surface area contributed by atoms with E-state index in [1.165, 1.54) is 19.0 Å². The maximum Gasteiger partial charge on any atom is 0.339 e. The molecule has 1 aromatic rings. The van der Waals surface area contributed by atoms with Crippen molar-refractivity contribution >= 4 is 11.7 Å². The number of aromatic nitrogens is 1. The Morgan fingerprint density at radius 1 is 1.56 bits per heavy atom. The molecule has 4 nitrogen and oxygen atoms in total. The summed E-state index contributed by atoms with van der Waals surface area (Å²) in [6.07, 6.45) is 3.88. The fraction of sp³-hybridized carbons (Fsp3) is 0.571. The minimum Gasteiger partial charge on any atom is -0.478 e. The zero-order chi connectivity index (χ0) is 13.3. The van der Waals surface area contributed by atoms with Gasteiger partial charge in [-0.3, -0.25) is 4.98 Å². The van der Waals surface area contributed by atoms with Gasteiger partial charge in [-0.2, -0.15) is 0 Å². The van der Waals surface area contributed by atoms with Gasteiger partial charge in [0.05, 0.1) is 5.69 Å². The number of carboxylic acid groups (broad SMARTS) is 1. The van der Waals surface area contributed by atoms with E-state index in [1.54, 1.807) is 6.07 Å². The first-order valence-corrected chi connectivity index (χ1v) is 6.38. The lowest BCUT2D eigenvalue weighted by Crippen LogP contribution is -2.22. The summed E-state index contributed by atoms with van der Waals surface area (Å²) < 4.78 is 0. The van der Waals surface area contributed by atoms with Gasteiger partial charge in [0.15, 0.2) is 0 Å². The van der Waals surface area contributed by atoms with Crippen LogP contribution >= 0.6 is 0 Å². The monoisotopic (exact) mass is 248 g/mol. The van der Waals surface area contributed by atoms with Gasteiger partial charge in [0.1, 0.15) is 5.56 Å². The fourth-order valence-corrected chi connectivity index (χ4v) is 2.27. The maximum absolute atomic E-state index is 11.1. The van der Waals surface area contributed by atoms with E-state index in [0.717, 1.165) is 12.2 Å². The summed E-state index contributed by atoms with van der Waals surface area (Å²) in [7, 11) is 0. The summed E-state index contributed by atoms with van der Waals surface area (Å²) in [5, 5.41) is 12.4. The fourth-order valence-electron chi connectivity index (χ4n) is 2.27. The van der Waals surface area contributed by atoms with Crippen molar-refractivity contribution in [1.82, 2.24) is 4.98 Å². The molecule has 0 unspecified atom stereocenters. The van der Waals surface area contributed by atoms with Gasteiger partial charge in [0.25, 0.3) is 0 Å². The third kappa shape index (κ3) is 2.47. The lowest BCUT2D eigenvalue weighted by atomic mass is 9.92. The third-order valence-corrected chi connectivity index (χ3v) is 4.02. The number of hydrogen-bond acceptors (Lipinski definition) is 3. The van der Waals surface area contributed by atoms with Crippen molar-refractivity contribution in [3.8, 4) is 0 Å². The van der Waals surface area contributed by atoms with Gasteiger partial charge < -0.3 is 10.4 Å². The molecule has 0 radical (unpaired) electrons. The molecule has 1 saturated carbocycles. The van der Waals surface area contributed by atoms with Crippen LogP contribution in [0, 0.1) is 18.3 Å². The summed E-state index contributed by atoms with van der Waals surface area (Å²) in [6, 6.07) is 1.81. The molecule has 2 N–H and O–H groups in total. The van der Waals surface area contributed by atoms with E-state index < -0.39 is 5.97 Å². The average Bonchev–Trinajstić information content (AvgIpc) is 3.07. The van der Waals surface area contributed by atoms with Gasteiger partial charge >= 0.3 is 5.97 Å². The molecule has 0 spiro atoms. The Kier molecular flexibility index (Phi) is 3.28. The number of anilines is 1. The Morgan fingerprint density at radius 3 is 2.72 bits per heavy atom. The summed E-state index contributed by atoms with van der Waals surface area (Å²) >= 11 is 0. The van der Waals surface area contributed by atoms with E-state index in [9.17, 15) is 4.79 Å². The highest BCUT2D eigenvalue weighted by atomic mass is 16.4. The van der Waals surface area contributed by atoms with E-state index in [0.29, 0.717) is 17.0 Å². The Labute approximate surface area is 107 Å². The highest BCUT2D eigenvalue weighted by Crippen LogP contribution is 2.51. The van der Waals surface area contributed by atoms with Gasteiger partial charge in [0, 0.05) is 18.4 Å². The highest BCUT2D eigenvalue weighted by molar-refractivity contribution is 5.93. The van der Waals surface area contributed by atoms with E-state index in [2.05, 4.69) is 24.1 Å². The maximum atomic E-state index is 11.1. The van der Waals surface area contributed by atoms with E-state index in [1.807, 2.05) is 6.92 Å².